The van der Waals surface area contributed by atoms with Gasteiger partial charge in [-0.15, -0.1) is 0 Å². The summed E-state index contributed by atoms with van der Waals surface area (Å²) in [4.78, 5) is 3.88. The van der Waals surface area contributed by atoms with Crippen molar-refractivity contribution in [1.82, 2.24) is 4.98 Å². The van der Waals surface area contributed by atoms with E-state index in [-0.39, 0.29) is 0 Å². The van der Waals surface area contributed by atoms with Crippen molar-refractivity contribution in [2.75, 3.05) is 0 Å². The van der Waals surface area contributed by atoms with Gasteiger partial charge in [0.05, 0.1) is 6.20 Å². The molecule has 14 heavy (non-hydrogen) atoms. The Morgan fingerprint density at radius 2 is 2.21 bits per heavy atom. The highest BCUT2D eigenvalue weighted by atomic mass is 16.3. The van der Waals surface area contributed by atoms with Gasteiger partial charge in [-0.3, -0.25) is 0 Å². The Kier molecular flexibility index (Phi) is 3.46. The lowest BCUT2D eigenvalue weighted by atomic mass is 10.1. The van der Waals surface area contributed by atoms with Crippen molar-refractivity contribution in [2.45, 2.75) is 20.8 Å². The van der Waals surface area contributed by atoms with E-state index in [0.29, 0.717) is 0 Å². The summed E-state index contributed by atoms with van der Waals surface area (Å²) >= 11 is 0. The first kappa shape index (κ1) is 10.5. The van der Waals surface area contributed by atoms with Gasteiger partial charge >= 0.3 is 0 Å². The monoisotopic (exact) mass is 189 g/mol. The third-order valence-electron chi connectivity index (χ3n) is 2.07. The second-order valence-corrected chi connectivity index (χ2v) is 3.22. The van der Waals surface area contributed by atoms with Crippen molar-refractivity contribution in [3.8, 4) is 0 Å². The van der Waals surface area contributed by atoms with Crippen molar-refractivity contribution in [3.63, 3.8) is 0 Å². The van der Waals surface area contributed by atoms with E-state index in [4.69, 9.17) is 4.42 Å². The fourth-order valence-corrected chi connectivity index (χ4v) is 1.01. The molecule has 1 aromatic heterocycles. The average Bonchev–Trinajstić information content (AvgIpc) is 2.66. The zero-order chi connectivity index (χ0) is 10.6. The maximum Gasteiger partial charge on any atom is 0.181 e. The molecule has 0 spiro atoms. The molecule has 0 atom stereocenters. The van der Waals surface area contributed by atoms with Crippen LogP contribution in [0.1, 0.15) is 26.5 Å². The smallest absolute Gasteiger partial charge is 0.181 e. The van der Waals surface area contributed by atoms with Crippen molar-refractivity contribution in [1.29, 1.82) is 0 Å². The molecule has 0 aliphatic carbocycles. The van der Waals surface area contributed by atoms with Gasteiger partial charge in [0.2, 0.25) is 0 Å². The third-order valence-corrected chi connectivity index (χ3v) is 2.07. The molecule has 0 radical (unpaired) electrons. The lowest BCUT2D eigenvalue weighted by Gasteiger charge is -2.00. The Labute approximate surface area is 84.7 Å². The van der Waals surface area contributed by atoms with Crippen LogP contribution in [0.4, 0.5) is 0 Å². The first-order valence-electron chi connectivity index (χ1n) is 4.54. The largest absolute Gasteiger partial charge is 0.444 e. The molecular formula is C12H15NO. The SMILES string of the molecule is C=C(C)C(C)=CC(=CC)c1cnco1. The first-order chi connectivity index (χ1) is 6.65. The molecule has 0 N–H and O–H groups in total. The summed E-state index contributed by atoms with van der Waals surface area (Å²) in [6.07, 6.45) is 7.18. The van der Waals surface area contributed by atoms with Gasteiger partial charge in [-0.05, 0) is 32.4 Å². The molecule has 0 fully saturated rings. The summed E-state index contributed by atoms with van der Waals surface area (Å²) in [7, 11) is 0. The molecule has 0 aromatic carbocycles. The van der Waals surface area contributed by atoms with Crippen LogP contribution in [0.25, 0.3) is 5.57 Å². The van der Waals surface area contributed by atoms with Gasteiger partial charge in [0, 0.05) is 5.57 Å². The topological polar surface area (TPSA) is 26.0 Å². The number of allylic oxidation sites excluding steroid dienone is 5. The van der Waals surface area contributed by atoms with Crippen molar-refractivity contribution in [2.24, 2.45) is 0 Å². The highest BCUT2D eigenvalue weighted by Crippen LogP contribution is 2.18. The van der Waals surface area contributed by atoms with Crippen LogP contribution >= 0.6 is 0 Å². The van der Waals surface area contributed by atoms with Crippen molar-refractivity contribution < 1.29 is 4.42 Å². The normalized spacial score (nSPS) is 13.1. The van der Waals surface area contributed by atoms with Gasteiger partial charge in [-0.1, -0.05) is 18.2 Å². The molecule has 1 aromatic rings. The van der Waals surface area contributed by atoms with Crippen LogP contribution in [0.15, 0.2) is 46.9 Å². The molecule has 0 saturated heterocycles. The van der Waals surface area contributed by atoms with Crippen LogP contribution in [0.3, 0.4) is 0 Å². The maximum absolute atomic E-state index is 5.21. The second-order valence-electron chi connectivity index (χ2n) is 3.22. The molecule has 1 rings (SSSR count). The van der Waals surface area contributed by atoms with E-state index in [1.807, 2.05) is 32.9 Å². The van der Waals surface area contributed by atoms with Crippen molar-refractivity contribution >= 4 is 5.57 Å². The summed E-state index contributed by atoms with van der Waals surface area (Å²) in [6.45, 7) is 9.87. The number of hydrogen-bond donors (Lipinski definition) is 0. The van der Waals surface area contributed by atoms with E-state index in [0.717, 1.165) is 22.5 Å². The summed E-state index contributed by atoms with van der Waals surface area (Å²) in [5.74, 6) is 0.785. The van der Waals surface area contributed by atoms with E-state index in [1.54, 1.807) is 6.20 Å². The van der Waals surface area contributed by atoms with Crippen LogP contribution in [-0.2, 0) is 0 Å². The van der Waals surface area contributed by atoms with Crippen LogP contribution in [0.2, 0.25) is 0 Å². The highest BCUT2D eigenvalue weighted by Gasteiger charge is 2.01. The molecule has 0 bridgehead atoms. The first-order valence-corrected chi connectivity index (χ1v) is 4.54. The molecule has 0 aliphatic rings. The zero-order valence-electron chi connectivity index (χ0n) is 8.87. The Morgan fingerprint density at radius 1 is 1.50 bits per heavy atom. The quantitative estimate of drug-likeness (QED) is 0.679. The Balaban J connectivity index is 2.97. The van der Waals surface area contributed by atoms with Gasteiger partial charge < -0.3 is 4.42 Å². The zero-order valence-corrected chi connectivity index (χ0v) is 8.87. The van der Waals surface area contributed by atoms with Crippen LogP contribution < -0.4 is 0 Å². The van der Waals surface area contributed by atoms with Gasteiger partial charge in [-0.25, -0.2) is 4.98 Å². The van der Waals surface area contributed by atoms with Gasteiger partial charge in [0.15, 0.2) is 12.2 Å². The molecule has 0 aliphatic heterocycles. The van der Waals surface area contributed by atoms with E-state index >= 15 is 0 Å². The minimum Gasteiger partial charge on any atom is -0.444 e. The lowest BCUT2D eigenvalue weighted by Crippen LogP contribution is -1.81. The summed E-state index contributed by atoms with van der Waals surface area (Å²) in [5, 5.41) is 0. The summed E-state index contributed by atoms with van der Waals surface area (Å²) in [6, 6.07) is 0. The van der Waals surface area contributed by atoms with E-state index in [2.05, 4.69) is 11.6 Å². The Hall–Kier alpha value is -1.57. The van der Waals surface area contributed by atoms with Crippen LogP contribution in [-0.4, -0.2) is 4.98 Å². The maximum atomic E-state index is 5.21. The van der Waals surface area contributed by atoms with Crippen LogP contribution in [0.5, 0.6) is 0 Å². The number of oxazole rings is 1. The van der Waals surface area contributed by atoms with Crippen molar-refractivity contribution in [3.05, 3.63) is 48.2 Å². The number of rotatable bonds is 3. The molecule has 74 valence electrons. The lowest BCUT2D eigenvalue weighted by molar-refractivity contribution is 0.545. The fourth-order valence-electron chi connectivity index (χ4n) is 1.01. The standard InChI is InChI=1S/C12H15NO/c1-5-11(6-10(4)9(2)3)12-7-13-8-14-12/h5-8H,2H2,1,3-4H3. The Morgan fingerprint density at radius 3 is 2.64 bits per heavy atom. The van der Waals surface area contributed by atoms with Gasteiger partial charge in [0.25, 0.3) is 0 Å². The predicted octanol–water partition coefficient (Wildman–Crippen LogP) is 3.60. The fraction of sp³-hybridized carbons (Fsp3) is 0.250. The molecular weight excluding hydrogens is 174 g/mol. The predicted molar refractivity (Wildman–Crippen MR) is 58.7 cm³/mol. The number of nitrogens with zero attached hydrogens (tertiary/aromatic N) is 1. The molecule has 0 amide bonds. The molecule has 2 heteroatoms. The second kappa shape index (κ2) is 4.61. The Bertz CT molecular complexity index is 369. The van der Waals surface area contributed by atoms with E-state index in [1.165, 1.54) is 6.39 Å². The van der Waals surface area contributed by atoms with E-state index < -0.39 is 0 Å². The minimum atomic E-state index is 0.785. The number of aromatic nitrogens is 1. The molecule has 0 saturated carbocycles. The van der Waals surface area contributed by atoms with E-state index in [9.17, 15) is 0 Å². The minimum absolute atomic E-state index is 0.785. The number of hydrogen-bond acceptors (Lipinski definition) is 2. The molecule has 0 unspecified atom stereocenters. The summed E-state index contributed by atoms with van der Waals surface area (Å²) < 4.78 is 5.21. The summed E-state index contributed by atoms with van der Waals surface area (Å²) in [5.41, 5.74) is 3.24. The molecule has 2 nitrogen and oxygen atoms in total. The van der Waals surface area contributed by atoms with Gasteiger partial charge in [-0.2, -0.15) is 0 Å². The van der Waals surface area contributed by atoms with Gasteiger partial charge in [0.1, 0.15) is 0 Å². The molecule has 1 heterocycles. The highest BCUT2D eigenvalue weighted by molar-refractivity contribution is 5.71. The third kappa shape index (κ3) is 2.46. The average molecular weight is 189 g/mol. The van der Waals surface area contributed by atoms with Crippen LogP contribution in [0, 0.1) is 0 Å².